The molecule has 2 bridgehead atoms. The van der Waals surface area contributed by atoms with Crippen LogP contribution in [0.3, 0.4) is 0 Å². The monoisotopic (exact) mass is 447 g/mol. The number of piperazine rings is 1. The molecule has 11 heteroatoms. The minimum atomic E-state index is -4.52. The molecule has 3 heterocycles. The number of benzene rings is 1. The quantitative estimate of drug-likeness (QED) is 0.691. The van der Waals surface area contributed by atoms with Crippen molar-refractivity contribution in [2.24, 2.45) is 0 Å². The van der Waals surface area contributed by atoms with Crippen LogP contribution in [0.2, 0.25) is 5.02 Å². The van der Waals surface area contributed by atoms with E-state index in [0.717, 1.165) is 20.3 Å². The first-order valence-electron chi connectivity index (χ1n) is 9.63. The third kappa shape index (κ3) is 3.88. The van der Waals surface area contributed by atoms with Crippen molar-refractivity contribution < 1.29 is 22.4 Å². The van der Waals surface area contributed by atoms with Gasteiger partial charge in [-0.1, -0.05) is 11.6 Å². The lowest BCUT2D eigenvalue weighted by atomic mass is 10.1. The van der Waals surface area contributed by atoms with E-state index in [-0.39, 0.29) is 24.1 Å². The van der Waals surface area contributed by atoms with Crippen molar-refractivity contribution in [2.45, 2.75) is 50.6 Å². The molecular formula is C19H22ClF4N5O. The van der Waals surface area contributed by atoms with E-state index in [1.54, 1.807) is 0 Å². The van der Waals surface area contributed by atoms with Crippen LogP contribution in [0.25, 0.3) is 11.0 Å². The fourth-order valence-corrected chi connectivity index (χ4v) is 4.41. The Labute approximate surface area is 175 Å². The number of aromatic nitrogens is 2. The van der Waals surface area contributed by atoms with Crippen LogP contribution in [0.5, 0.6) is 0 Å². The number of nitrogens with zero attached hydrogens (tertiary/aromatic N) is 3. The summed E-state index contributed by atoms with van der Waals surface area (Å²) in [6, 6.07) is 2.99. The van der Waals surface area contributed by atoms with Crippen molar-refractivity contribution in [3.63, 3.8) is 0 Å². The maximum atomic E-state index is 13.9. The van der Waals surface area contributed by atoms with E-state index in [1.165, 1.54) is 12.1 Å². The van der Waals surface area contributed by atoms with Crippen LogP contribution in [-0.2, 0) is 11.3 Å². The Morgan fingerprint density at radius 3 is 2.53 bits per heavy atom. The normalized spacial score (nSPS) is 22.9. The lowest BCUT2D eigenvalue weighted by molar-refractivity contribution is -0.188. The Morgan fingerprint density at radius 1 is 1.27 bits per heavy atom. The van der Waals surface area contributed by atoms with Gasteiger partial charge in [-0.2, -0.15) is 13.2 Å². The van der Waals surface area contributed by atoms with Gasteiger partial charge in [-0.3, -0.25) is 14.6 Å². The number of carbonyl (C=O) groups excluding carboxylic acids is 1. The zero-order chi connectivity index (χ0) is 21.8. The Balaban J connectivity index is 1.35. The number of alkyl halides is 3. The molecule has 30 heavy (non-hydrogen) atoms. The maximum Gasteiger partial charge on any atom is 0.410 e. The first kappa shape index (κ1) is 21.3. The number of hydrogen-bond donors (Lipinski definition) is 2. The van der Waals surface area contributed by atoms with Crippen molar-refractivity contribution in [3.8, 4) is 0 Å². The van der Waals surface area contributed by atoms with Gasteiger partial charge in [-0.25, -0.2) is 9.37 Å². The number of halogens is 5. The number of hydrogen-bond acceptors (Lipinski definition) is 4. The molecule has 2 N–H and O–H groups in total. The lowest BCUT2D eigenvalue weighted by Crippen LogP contribution is -2.57. The van der Waals surface area contributed by atoms with E-state index in [2.05, 4.69) is 20.2 Å². The summed E-state index contributed by atoms with van der Waals surface area (Å²) in [6.45, 7) is 3.55. The van der Waals surface area contributed by atoms with Crippen LogP contribution in [0.1, 0.15) is 26.1 Å². The van der Waals surface area contributed by atoms with Gasteiger partial charge in [0, 0.05) is 25.2 Å². The summed E-state index contributed by atoms with van der Waals surface area (Å²) in [5.74, 6) is -0.488. The second kappa shape index (κ2) is 7.35. The zero-order valence-electron chi connectivity index (χ0n) is 16.5. The molecule has 4 rings (SSSR count). The fourth-order valence-electron chi connectivity index (χ4n) is 4.21. The van der Waals surface area contributed by atoms with Crippen molar-refractivity contribution in [2.75, 3.05) is 19.6 Å². The number of rotatable bonds is 5. The van der Waals surface area contributed by atoms with Gasteiger partial charge in [0.25, 0.3) is 0 Å². The van der Waals surface area contributed by atoms with Crippen molar-refractivity contribution in [3.05, 3.63) is 28.8 Å². The third-order valence-electron chi connectivity index (χ3n) is 5.92. The van der Waals surface area contributed by atoms with Gasteiger partial charge >= 0.3 is 6.18 Å². The second-order valence-electron chi connectivity index (χ2n) is 8.51. The molecule has 1 aromatic heterocycles. The molecule has 0 radical (unpaired) electrons. The highest BCUT2D eigenvalue weighted by molar-refractivity contribution is 6.34. The number of amides is 1. The molecule has 164 valence electrons. The maximum absolute atomic E-state index is 13.9. The van der Waals surface area contributed by atoms with Crippen LogP contribution in [0, 0.1) is 5.82 Å². The molecule has 2 aliphatic rings. The minimum absolute atomic E-state index is 0.0695. The summed E-state index contributed by atoms with van der Waals surface area (Å²) in [5, 5.41) is 2.47. The second-order valence-corrected chi connectivity index (χ2v) is 8.92. The fraction of sp³-hybridized carbons (Fsp3) is 0.579. The molecule has 1 amide bonds. The predicted molar refractivity (Wildman–Crippen MR) is 104 cm³/mol. The average Bonchev–Trinajstić information content (AvgIpc) is 3.31. The van der Waals surface area contributed by atoms with E-state index in [4.69, 9.17) is 11.6 Å². The third-order valence-corrected chi connectivity index (χ3v) is 6.24. The van der Waals surface area contributed by atoms with Crippen molar-refractivity contribution in [1.82, 2.24) is 25.1 Å². The Bertz CT molecular complexity index is 937. The van der Waals surface area contributed by atoms with Crippen molar-refractivity contribution in [1.29, 1.82) is 0 Å². The van der Waals surface area contributed by atoms with Crippen LogP contribution in [0.4, 0.5) is 17.6 Å². The molecule has 2 fully saturated rings. The summed E-state index contributed by atoms with van der Waals surface area (Å²) < 4.78 is 52.8. The molecule has 2 aromatic rings. The van der Waals surface area contributed by atoms with Gasteiger partial charge in [0.2, 0.25) is 5.91 Å². The predicted octanol–water partition coefficient (Wildman–Crippen LogP) is 3.07. The highest BCUT2D eigenvalue weighted by atomic mass is 35.5. The standard InChI is InChI=1S/C19H22ClF4N5O/c1-18(2,19(22,23)24)27-15(30)9-29-7-10-5-11(29)6-28(10)8-14-25-16-12(20)3-4-13(21)17(16)26-14/h3-4,10-11H,5-9H2,1-2H3,(H,25,26)(H,27,30). The largest absolute Gasteiger partial charge is 0.410 e. The highest BCUT2D eigenvalue weighted by Gasteiger charge is 2.49. The van der Waals surface area contributed by atoms with Crippen LogP contribution in [-0.4, -0.2) is 69.1 Å². The summed E-state index contributed by atoms with van der Waals surface area (Å²) in [4.78, 5) is 23.6. The minimum Gasteiger partial charge on any atom is -0.341 e. The molecule has 2 aliphatic heterocycles. The first-order chi connectivity index (χ1) is 13.9. The molecule has 1 aromatic carbocycles. The number of carbonyl (C=O) groups is 1. The van der Waals surface area contributed by atoms with E-state index in [9.17, 15) is 22.4 Å². The lowest BCUT2D eigenvalue weighted by Gasteiger charge is -2.34. The van der Waals surface area contributed by atoms with Crippen LogP contribution >= 0.6 is 11.6 Å². The average molecular weight is 448 g/mol. The molecule has 6 nitrogen and oxygen atoms in total. The topological polar surface area (TPSA) is 64.3 Å². The van der Waals surface area contributed by atoms with E-state index in [0.29, 0.717) is 36.0 Å². The Hall–Kier alpha value is -1.91. The molecule has 0 spiro atoms. The van der Waals surface area contributed by atoms with Gasteiger partial charge in [0.15, 0.2) is 5.82 Å². The number of likely N-dealkylation sites (tertiary alicyclic amines) is 2. The molecule has 0 aliphatic carbocycles. The first-order valence-corrected chi connectivity index (χ1v) is 10.0. The summed E-state index contributed by atoms with van der Waals surface area (Å²) in [5.41, 5.74) is -1.61. The Kier molecular flexibility index (Phi) is 5.22. The number of imidazole rings is 1. The van der Waals surface area contributed by atoms with Crippen LogP contribution < -0.4 is 5.32 Å². The highest BCUT2D eigenvalue weighted by Crippen LogP contribution is 2.33. The van der Waals surface area contributed by atoms with E-state index >= 15 is 0 Å². The zero-order valence-corrected chi connectivity index (χ0v) is 17.2. The number of aromatic amines is 1. The molecule has 0 saturated carbocycles. The van der Waals surface area contributed by atoms with Gasteiger partial charge < -0.3 is 10.3 Å². The molecule has 2 unspecified atom stereocenters. The van der Waals surface area contributed by atoms with Gasteiger partial charge in [-0.05, 0) is 32.4 Å². The van der Waals surface area contributed by atoms with Gasteiger partial charge in [0.05, 0.1) is 23.6 Å². The van der Waals surface area contributed by atoms with Crippen LogP contribution in [0.15, 0.2) is 12.1 Å². The number of nitrogens with one attached hydrogen (secondary N) is 2. The summed E-state index contributed by atoms with van der Waals surface area (Å²) in [6.07, 6.45) is -3.69. The van der Waals surface area contributed by atoms with Gasteiger partial charge in [0.1, 0.15) is 16.9 Å². The van der Waals surface area contributed by atoms with E-state index < -0.39 is 23.4 Å². The Morgan fingerprint density at radius 2 is 1.93 bits per heavy atom. The molecular weight excluding hydrogens is 426 g/mol. The van der Waals surface area contributed by atoms with Gasteiger partial charge in [-0.15, -0.1) is 0 Å². The van der Waals surface area contributed by atoms with E-state index in [1.807, 2.05) is 4.90 Å². The SMILES string of the molecule is CC(C)(NC(=O)CN1CC2CC1CN2Cc1nc2c(F)ccc(Cl)c2[nH]1)C(F)(F)F. The molecule has 2 atom stereocenters. The molecule has 2 saturated heterocycles. The number of fused-ring (bicyclic) bond motifs is 3. The van der Waals surface area contributed by atoms with Crippen molar-refractivity contribution >= 4 is 28.5 Å². The smallest absolute Gasteiger partial charge is 0.341 e. The summed E-state index contributed by atoms with van der Waals surface area (Å²) >= 11 is 6.10. The number of H-pyrrole nitrogens is 1. The summed E-state index contributed by atoms with van der Waals surface area (Å²) in [7, 11) is 0.